The Morgan fingerprint density at radius 3 is 2.47 bits per heavy atom. The summed E-state index contributed by atoms with van der Waals surface area (Å²) in [5, 5.41) is 6.14. The Hall–Kier alpha value is -1.03. The molecule has 2 nitrogen and oxygen atoms in total. The molecule has 19 heavy (non-hydrogen) atoms. The van der Waals surface area contributed by atoms with Crippen LogP contribution >= 0.6 is 22.9 Å². The fraction of sp³-hybridized carbons (Fsp3) is 0.333. The van der Waals surface area contributed by atoms with Gasteiger partial charge in [0, 0.05) is 15.3 Å². The maximum atomic E-state index is 6.40. The molecule has 0 bridgehead atoms. The Bertz CT molecular complexity index is 580. The largest absolute Gasteiger partial charge is 0.496 e. The number of ether oxygens (including phenoxy) is 1. The average Bonchev–Trinajstić information content (AvgIpc) is 2.85. The number of halogens is 1. The van der Waals surface area contributed by atoms with Gasteiger partial charge in [-0.3, -0.25) is 0 Å². The van der Waals surface area contributed by atoms with Crippen molar-refractivity contribution in [2.45, 2.75) is 19.9 Å². The number of nitrogens with one attached hydrogen (secondary N) is 1. The van der Waals surface area contributed by atoms with Crippen molar-refractivity contribution >= 4 is 22.9 Å². The topological polar surface area (TPSA) is 21.3 Å². The van der Waals surface area contributed by atoms with Gasteiger partial charge in [-0.2, -0.15) is 0 Å². The Morgan fingerprint density at radius 1 is 1.21 bits per heavy atom. The Labute approximate surface area is 123 Å². The van der Waals surface area contributed by atoms with Crippen molar-refractivity contribution in [2.24, 2.45) is 0 Å². The zero-order chi connectivity index (χ0) is 14.0. The quantitative estimate of drug-likeness (QED) is 0.906. The van der Waals surface area contributed by atoms with Crippen LogP contribution in [0.5, 0.6) is 5.75 Å². The van der Waals surface area contributed by atoms with E-state index in [1.807, 2.05) is 18.5 Å². The van der Waals surface area contributed by atoms with Gasteiger partial charge in [0.05, 0.1) is 13.2 Å². The van der Waals surface area contributed by atoms with Crippen LogP contribution in [0.2, 0.25) is 5.02 Å². The summed E-state index contributed by atoms with van der Waals surface area (Å²) in [5.74, 6) is 0.889. The lowest BCUT2D eigenvalue weighted by Crippen LogP contribution is -2.17. The highest BCUT2D eigenvalue weighted by molar-refractivity contribution is 7.10. The first-order valence-electron chi connectivity index (χ1n) is 6.13. The molecule has 0 fully saturated rings. The minimum atomic E-state index is 0.0979. The molecule has 0 aliphatic carbocycles. The lowest BCUT2D eigenvalue weighted by atomic mass is 10.00. The second kappa shape index (κ2) is 5.95. The van der Waals surface area contributed by atoms with Crippen LogP contribution in [0.1, 0.15) is 27.6 Å². The van der Waals surface area contributed by atoms with Gasteiger partial charge in [0.15, 0.2) is 0 Å². The molecule has 0 saturated carbocycles. The van der Waals surface area contributed by atoms with E-state index in [4.69, 9.17) is 16.3 Å². The number of benzene rings is 1. The molecule has 0 amide bonds. The lowest BCUT2D eigenvalue weighted by molar-refractivity contribution is 0.416. The molecule has 102 valence electrons. The second-order valence-electron chi connectivity index (χ2n) is 4.57. The molecule has 1 atom stereocenters. The maximum Gasteiger partial charge on any atom is 0.129 e. The van der Waals surface area contributed by atoms with Crippen LogP contribution in [-0.2, 0) is 0 Å². The zero-order valence-electron chi connectivity index (χ0n) is 11.6. The van der Waals surface area contributed by atoms with Crippen LogP contribution in [0.15, 0.2) is 23.6 Å². The summed E-state index contributed by atoms with van der Waals surface area (Å²) in [5.41, 5.74) is 3.58. The molecule has 1 heterocycles. The van der Waals surface area contributed by atoms with Crippen molar-refractivity contribution in [2.75, 3.05) is 14.2 Å². The summed E-state index contributed by atoms with van der Waals surface area (Å²) in [6, 6.07) is 6.34. The van der Waals surface area contributed by atoms with Crippen LogP contribution < -0.4 is 10.1 Å². The second-order valence-corrected chi connectivity index (χ2v) is 5.92. The highest BCUT2D eigenvalue weighted by Gasteiger charge is 2.18. The average molecular weight is 296 g/mol. The SMILES string of the molecule is CNC(c1cc(OC)cs1)c1cc(C)c(C)cc1Cl. The number of hydrogen-bond donors (Lipinski definition) is 1. The summed E-state index contributed by atoms with van der Waals surface area (Å²) in [7, 11) is 3.63. The third-order valence-corrected chi connectivity index (χ3v) is 4.63. The van der Waals surface area contributed by atoms with Crippen molar-refractivity contribution in [1.82, 2.24) is 5.32 Å². The third-order valence-electron chi connectivity index (χ3n) is 3.33. The van der Waals surface area contributed by atoms with Gasteiger partial charge in [-0.1, -0.05) is 17.7 Å². The maximum absolute atomic E-state index is 6.40. The van der Waals surface area contributed by atoms with E-state index in [-0.39, 0.29) is 6.04 Å². The Morgan fingerprint density at radius 2 is 1.89 bits per heavy atom. The molecule has 1 unspecified atom stereocenters. The molecule has 2 aromatic rings. The number of aryl methyl sites for hydroxylation is 2. The van der Waals surface area contributed by atoms with Crippen LogP contribution in [-0.4, -0.2) is 14.2 Å². The number of hydrogen-bond acceptors (Lipinski definition) is 3. The van der Waals surface area contributed by atoms with Gasteiger partial charge < -0.3 is 10.1 Å². The van der Waals surface area contributed by atoms with Gasteiger partial charge in [-0.25, -0.2) is 0 Å². The molecular formula is C15H18ClNOS. The monoisotopic (exact) mass is 295 g/mol. The molecule has 0 saturated heterocycles. The number of rotatable bonds is 4. The van der Waals surface area contributed by atoms with E-state index in [1.165, 1.54) is 16.0 Å². The molecule has 0 aliphatic rings. The van der Waals surface area contributed by atoms with Crippen LogP contribution in [0.25, 0.3) is 0 Å². The fourth-order valence-electron chi connectivity index (χ4n) is 2.07. The van der Waals surface area contributed by atoms with E-state index in [9.17, 15) is 0 Å². The standard InChI is InChI=1S/C15H18ClNOS/c1-9-5-12(13(16)6-10(9)2)15(17-3)14-7-11(18-4)8-19-14/h5-8,15,17H,1-4H3. The number of methoxy groups -OCH3 is 1. The Kier molecular flexibility index (Phi) is 4.50. The highest BCUT2D eigenvalue weighted by atomic mass is 35.5. The van der Waals surface area contributed by atoms with E-state index in [2.05, 4.69) is 31.3 Å². The van der Waals surface area contributed by atoms with Crippen LogP contribution in [0, 0.1) is 13.8 Å². The van der Waals surface area contributed by atoms with E-state index < -0.39 is 0 Å². The number of thiophene rings is 1. The van der Waals surface area contributed by atoms with E-state index in [0.717, 1.165) is 16.3 Å². The normalized spacial score (nSPS) is 12.5. The molecule has 1 N–H and O–H groups in total. The molecule has 0 aliphatic heterocycles. The van der Waals surface area contributed by atoms with Crippen molar-refractivity contribution in [3.8, 4) is 5.75 Å². The van der Waals surface area contributed by atoms with Crippen LogP contribution in [0.4, 0.5) is 0 Å². The van der Waals surface area contributed by atoms with Gasteiger partial charge in [0.2, 0.25) is 0 Å². The van der Waals surface area contributed by atoms with Gasteiger partial charge in [-0.15, -0.1) is 11.3 Å². The third kappa shape index (κ3) is 2.94. The van der Waals surface area contributed by atoms with Crippen molar-refractivity contribution in [3.63, 3.8) is 0 Å². The lowest BCUT2D eigenvalue weighted by Gasteiger charge is -2.18. The van der Waals surface area contributed by atoms with Crippen molar-refractivity contribution < 1.29 is 4.74 Å². The van der Waals surface area contributed by atoms with Gasteiger partial charge in [-0.05, 0) is 49.7 Å². The van der Waals surface area contributed by atoms with Crippen molar-refractivity contribution in [3.05, 3.63) is 50.2 Å². The van der Waals surface area contributed by atoms with Crippen LogP contribution in [0.3, 0.4) is 0 Å². The highest BCUT2D eigenvalue weighted by Crippen LogP contribution is 2.35. The predicted molar refractivity (Wildman–Crippen MR) is 82.7 cm³/mol. The summed E-state index contributed by atoms with van der Waals surface area (Å²) in [6.45, 7) is 4.18. The first kappa shape index (κ1) is 14.4. The molecule has 2 rings (SSSR count). The predicted octanol–water partition coefficient (Wildman–Crippen LogP) is 4.34. The van der Waals surface area contributed by atoms with Crippen molar-refractivity contribution in [1.29, 1.82) is 0 Å². The summed E-state index contributed by atoms with van der Waals surface area (Å²) in [4.78, 5) is 1.20. The van der Waals surface area contributed by atoms with Gasteiger partial charge in [0.25, 0.3) is 0 Å². The first-order valence-corrected chi connectivity index (χ1v) is 7.39. The Balaban J connectivity index is 2.44. The summed E-state index contributed by atoms with van der Waals surface area (Å²) >= 11 is 8.07. The molecule has 1 aromatic heterocycles. The summed E-state index contributed by atoms with van der Waals surface area (Å²) < 4.78 is 5.25. The van der Waals surface area contributed by atoms with Gasteiger partial charge in [0.1, 0.15) is 5.75 Å². The van der Waals surface area contributed by atoms with E-state index in [1.54, 1.807) is 18.4 Å². The van der Waals surface area contributed by atoms with E-state index in [0.29, 0.717) is 0 Å². The molecule has 0 spiro atoms. The first-order chi connectivity index (χ1) is 9.06. The fourth-order valence-corrected chi connectivity index (χ4v) is 3.38. The molecular weight excluding hydrogens is 278 g/mol. The van der Waals surface area contributed by atoms with E-state index >= 15 is 0 Å². The molecule has 0 radical (unpaired) electrons. The minimum Gasteiger partial charge on any atom is -0.496 e. The minimum absolute atomic E-state index is 0.0979. The summed E-state index contributed by atoms with van der Waals surface area (Å²) in [6.07, 6.45) is 0. The zero-order valence-corrected chi connectivity index (χ0v) is 13.2. The smallest absolute Gasteiger partial charge is 0.129 e. The molecule has 1 aromatic carbocycles. The van der Waals surface area contributed by atoms with Gasteiger partial charge >= 0.3 is 0 Å². The molecule has 4 heteroatoms.